The lowest BCUT2D eigenvalue weighted by molar-refractivity contribution is -0.137. The average Bonchev–Trinajstić information content (AvgIpc) is 3.19. The molecule has 1 heterocycles. The van der Waals surface area contributed by atoms with Gasteiger partial charge in [0.05, 0.1) is 11.1 Å². The summed E-state index contributed by atoms with van der Waals surface area (Å²) in [7, 11) is 0. The van der Waals surface area contributed by atoms with E-state index in [9.17, 15) is 33.1 Å². The molecule has 180 valence electrons. The number of carboxylic acids is 1. The average molecular weight is 489 g/mol. The fourth-order valence-electron chi connectivity index (χ4n) is 3.80. The van der Waals surface area contributed by atoms with E-state index >= 15 is 0 Å². The Morgan fingerprint density at radius 3 is 2.50 bits per heavy atom. The van der Waals surface area contributed by atoms with Crippen LogP contribution in [0.1, 0.15) is 27.0 Å². The van der Waals surface area contributed by atoms with Crippen LogP contribution in [-0.4, -0.2) is 21.6 Å². The Morgan fingerprint density at radius 2 is 1.78 bits per heavy atom. The third-order valence-corrected chi connectivity index (χ3v) is 5.46. The number of para-hydroxylation sites is 1. The van der Waals surface area contributed by atoms with Crippen molar-refractivity contribution in [2.45, 2.75) is 12.7 Å². The highest BCUT2D eigenvalue weighted by atomic mass is 19.4. The third-order valence-electron chi connectivity index (χ3n) is 5.46. The number of carbonyl (C=O) groups excluding carboxylic acids is 1. The number of aromatic nitrogens is 1. The summed E-state index contributed by atoms with van der Waals surface area (Å²) in [6.45, 7) is 0.341. The molecule has 0 radical (unpaired) electrons. The van der Waals surface area contributed by atoms with E-state index in [0.29, 0.717) is 12.1 Å². The van der Waals surface area contributed by atoms with Gasteiger partial charge in [-0.1, -0.05) is 36.4 Å². The van der Waals surface area contributed by atoms with Gasteiger partial charge in [-0.25, -0.2) is 4.79 Å². The number of carboxylic acid groups (broad SMARTS) is 1. The first-order chi connectivity index (χ1) is 17.2. The zero-order chi connectivity index (χ0) is 25.9. The highest BCUT2D eigenvalue weighted by molar-refractivity contribution is 6.10. The van der Waals surface area contributed by atoms with E-state index < -0.39 is 23.6 Å². The molecule has 0 unspecified atom stereocenters. The Balaban J connectivity index is 1.66. The van der Waals surface area contributed by atoms with Gasteiger partial charge in [-0.3, -0.25) is 4.79 Å². The molecule has 0 fully saturated rings. The summed E-state index contributed by atoms with van der Waals surface area (Å²) in [6, 6.07) is 19.7. The SMILES string of the molecule is N#C/C(=C/c1cn(Cc2cccc(C(=O)O)c2)c2ccccc12)C(=O)Nc1cccc(C(F)(F)F)c1. The Morgan fingerprint density at radius 1 is 1.03 bits per heavy atom. The molecule has 9 heteroatoms. The zero-order valence-electron chi connectivity index (χ0n) is 18.6. The van der Waals surface area contributed by atoms with Crippen molar-refractivity contribution >= 4 is 34.5 Å². The van der Waals surface area contributed by atoms with Gasteiger partial charge in [-0.15, -0.1) is 0 Å². The maximum atomic E-state index is 13.0. The van der Waals surface area contributed by atoms with Gasteiger partial charge in [-0.05, 0) is 48.0 Å². The van der Waals surface area contributed by atoms with E-state index in [2.05, 4.69) is 5.32 Å². The van der Waals surface area contributed by atoms with Crippen LogP contribution in [0.25, 0.3) is 17.0 Å². The summed E-state index contributed by atoms with van der Waals surface area (Å²) in [6.07, 6.45) is -1.47. The number of carbonyl (C=O) groups is 2. The molecule has 0 atom stereocenters. The molecule has 36 heavy (non-hydrogen) atoms. The van der Waals surface area contributed by atoms with Crippen molar-refractivity contribution in [1.82, 2.24) is 4.57 Å². The van der Waals surface area contributed by atoms with Crippen LogP contribution in [0.15, 0.2) is 84.6 Å². The van der Waals surface area contributed by atoms with Crippen molar-refractivity contribution in [1.29, 1.82) is 5.26 Å². The number of aromatic carboxylic acids is 1. The summed E-state index contributed by atoms with van der Waals surface area (Å²) >= 11 is 0. The number of rotatable bonds is 6. The number of amides is 1. The second kappa shape index (κ2) is 9.80. The number of alkyl halides is 3. The van der Waals surface area contributed by atoms with Crippen LogP contribution in [0.4, 0.5) is 18.9 Å². The molecule has 1 aromatic heterocycles. The summed E-state index contributed by atoms with van der Waals surface area (Å²) in [5.41, 5.74) is 0.949. The van der Waals surface area contributed by atoms with Crippen LogP contribution in [0.5, 0.6) is 0 Å². The molecule has 3 aromatic carbocycles. The molecule has 6 nitrogen and oxygen atoms in total. The molecule has 1 amide bonds. The van der Waals surface area contributed by atoms with E-state index in [4.69, 9.17) is 0 Å². The second-order valence-electron chi connectivity index (χ2n) is 7.94. The standard InChI is InChI=1S/C27H18F3N3O3/c28-27(29,30)21-7-4-8-22(13-21)32-25(34)19(14-31)12-20-16-33(24-10-2-1-9-23(20)24)15-17-5-3-6-18(11-17)26(35)36/h1-13,16H,15H2,(H,32,34)(H,35,36)/b19-12-. The molecule has 0 bridgehead atoms. The van der Waals surface area contributed by atoms with Crippen LogP contribution in [0.3, 0.4) is 0 Å². The molecular formula is C27H18F3N3O3. The first-order valence-electron chi connectivity index (χ1n) is 10.7. The van der Waals surface area contributed by atoms with Crippen LogP contribution in [0.2, 0.25) is 0 Å². The summed E-state index contributed by atoms with van der Waals surface area (Å²) in [5.74, 6) is -1.88. The monoisotopic (exact) mass is 489 g/mol. The maximum Gasteiger partial charge on any atom is 0.416 e. The van der Waals surface area contributed by atoms with Crippen molar-refractivity contribution < 1.29 is 27.9 Å². The van der Waals surface area contributed by atoms with E-state index in [1.54, 1.807) is 30.5 Å². The molecule has 0 aliphatic rings. The lowest BCUT2D eigenvalue weighted by Gasteiger charge is -2.09. The lowest BCUT2D eigenvalue weighted by atomic mass is 10.1. The minimum absolute atomic E-state index is 0.0864. The molecule has 0 saturated heterocycles. The Labute approximate surface area is 203 Å². The first kappa shape index (κ1) is 24.3. The number of anilines is 1. The number of hydrogen-bond donors (Lipinski definition) is 2. The van der Waals surface area contributed by atoms with Crippen molar-refractivity contribution in [3.8, 4) is 6.07 Å². The topological polar surface area (TPSA) is 95.1 Å². The minimum atomic E-state index is -4.57. The number of nitriles is 1. The molecule has 2 N–H and O–H groups in total. The Hall–Kier alpha value is -4.84. The minimum Gasteiger partial charge on any atom is -0.478 e. The molecular weight excluding hydrogens is 471 g/mol. The van der Waals surface area contributed by atoms with Crippen molar-refractivity contribution in [2.24, 2.45) is 0 Å². The van der Waals surface area contributed by atoms with Crippen LogP contribution >= 0.6 is 0 Å². The van der Waals surface area contributed by atoms with Gasteiger partial charge < -0.3 is 15.0 Å². The molecule has 0 aliphatic carbocycles. The van der Waals surface area contributed by atoms with Gasteiger partial charge in [0.15, 0.2) is 0 Å². The maximum absolute atomic E-state index is 13.0. The zero-order valence-corrected chi connectivity index (χ0v) is 18.6. The summed E-state index contributed by atoms with van der Waals surface area (Å²) in [5, 5.41) is 21.9. The van der Waals surface area contributed by atoms with Crippen molar-refractivity contribution in [3.05, 3.63) is 107 Å². The molecule has 0 spiro atoms. The predicted octanol–water partition coefficient (Wildman–Crippen LogP) is 5.95. The van der Waals surface area contributed by atoms with E-state index in [0.717, 1.165) is 28.6 Å². The number of fused-ring (bicyclic) bond motifs is 1. The first-order valence-corrected chi connectivity index (χ1v) is 10.7. The quantitative estimate of drug-likeness (QED) is 0.258. The van der Waals surface area contributed by atoms with E-state index in [-0.39, 0.29) is 16.8 Å². The van der Waals surface area contributed by atoms with Crippen molar-refractivity contribution in [2.75, 3.05) is 5.32 Å². The number of nitrogens with one attached hydrogen (secondary N) is 1. The number of benzene rings is 3. The molecule has 4 rings (SSSR count). The smallest absolute Gasteiger partial charge is 0.416 e. The normalized spacial score (nSPS) is 11.8. The van der Waals surface area contributed by atoms with Crippen LogP contribution in [0, 0.1) is 11.3 Å². The van der Waals surface area contributed by atoms with E-state index in [1.165, 1.54) is 24.3 Å². The number of halogens is 3. The highest BCUT2D eigenvalue weighted by Gasteiger charge is 2.30. The summed E-state index contributed by atoms with van der Waals surface area (Å²) in [4.78, 5) is 24.0. The van der Waals surface area contributed by atoms with Crippen molar-refractivity contribution in [3.63, 3.8) is 0 Å². The largest absolute Gasteiger partial charge is 0.478 e. The highest BCUT2D eigenvalue weighted by Crippen LogP contribution is 2.31. The summed E-state index contributed by atoms with van der Waals surface area (Å²) < 4.78 is 40.8. The molecule has 4 aromatic rings. The van der Waals surface area contributed by atoms with Gasteiger partial charge >= 0.3 is 12.1 Å². The predicted molar refractivity (Wildman–Crippen MR) is 128 cm³/mol. The lowest BCUT2D eigenvalue weighted by Crippen LogP contribution is -2.14. The van der Waals surface area contributed by atoms with Crippen LogP contribution in [-0.2, 0) is 17.5 Å². The van der Waals surface area contributed by atoms with Crippen LogP contribution < -0.4 is 5.32 Å². The fourth-order valence-corrected chi connectivity index (χ4v) is 3.80. The number of hydrogen-bond acceptors (Lipinski definition) is 3. The van der Waals surface area contributed by atoms with Gasteiger partial charge in [0, 0.05) is 34.9 Å². The number of nitrogens with zero attached hydrogens (tertiary/aromatic N) is 2. The Kier molecular flexibility index (Phi) is 6.61. The third kappa shape index (κ3) is 5.28. The fraction of sp³-hybridized carbons (Fsp3) is 0.0741. The Bertz CT molecular complexity index is 1550. The molecule has 0 aliphatic heterocycles. The van der Waals surface area contributed by atoms with E-state index in [1.807, 2.05) is 28.8 Å². The second-order valence-corrected chi connectivity index (χ2v) is 7.94. The van der Waals surface area contributed by atoms with Gasteiger partial charge in [0.2, 0.25) is 0 Å². The van der Waals surface area contributed by atoms with Gasteiger partial charge in [0.25, 0.3) is 5.91 Å². The molecule has 0 saturated carbocycles. The van der Waals surface area contributed by atoms with Gasteiger partial charge in [-0.2, -0.15) is 18.4 Å². The van der Waals surface area contributed by atoms with Gasteiger partial charge in [0.1, 0.15) is 11.6 Å².